The van der Waals surface area contributed by atoms with Crippen molar-refractivity contribution in [2.75, 3.05) is 13.1 Å². The summed E-state index contributed by atoms with van der Waals surface area (Å²) in [5.74, 6) is 0.881. The zero-order valence-electron chi connectivity index (χ0n) is 11.9. The fourth-order valence-corrected chi connectivity index (χ4v) is 4.15. The van der Waals surface area contributed by atoms with E-state index < -0.39 is 11.0 Å². The zero-order valence-corrected chi connectivity index (χ0v) is 12.7. The Balaban J connectivity index is 1.63. The maximum Gasteiger partial charge on any atom is 0.171 e. The lowest BCUT2D eigenvalue weighted by atomic mass is 10.0. The van der Waals surface area contributed by atoms with E-state index >= 15 is 0 Å². The van der Waals surface area contributed by atoms with Crippen LogP contribution in [0.2, 0.25) is 0 Å². The summed E-state index contributed by atoms with van der Waals surface area (Å²) in [5.41, 5.74) is 3.12. The first-order valence-electron chi connectivity index (χ1n) is 7.24. The first-order valence-corrected chi connectivity index (χ1v) is 8.41. The quantitative estimate of drug-likeness (QED) is 0.858. The maximum absolute atomic E-state index is 12.2. The molecule has 1 unspecified atom stereocenters. The van der Waals surface area contributed by atoms with Crippen LogP contribution < -0.4 is 0 Å². The van der Waals surface area contributed by atoms with Crippen molar-refractivity contribution in [2.45, 2.75) is 31.4 Å². The maximum atomic E-state index is 12.2. The Morgan fingerprint density at radius 1 is 1.38 bits per heavy atom. The van der Waals surface area contributed by atoms with Gasteiger partial charge in [0.15, 0.2) is 5.65 Å². The van der Waals surface area contributed by atoms with Gasteiger partial charge in [-0.25, -0.2) is 13.5 Å². The predicted octanol–water partition coefficient (Wildman–Crippen LogP) is 1.35. The number of rotatable bonds is 3. The molecular weight excluding hydrogens is 286 g/mol. The van der Waals surface area contributed by atoms with E-state index in [0.29, 0.717) is 5.25 Å². The van der Waals surface area contributed by atoms with Gasteiger partial charge in [-0.05, 0) is 31.8 Å². The summed E-state index contributed by atoms with van der Waals surface area (Å²) in [6.45, 7) is 3.52. The van der Waals surface area contributed by atoms with Gasteiger partial charge in [0.25, 0.3) is 0 Å². The predicted molar refractivity (Wildman–Crippen MR) is 80.9 cm³/mol. The van der Waals surface area contributed by atoms with Crippen LogP contribution in [-0.2, 0) is 11.0 Å². The standard InChI is InChI=1S/C14H17N5OS/c1-10-15-8-13(14-17-16-9-19(10)14)11-4-6-18(7-5-11)21(20)12-2-3-12/h4,8-9,12H,2-3,5-7H2,1H3. The Hall–Kier alpha value is -1.60. The molecule has 1 saturated carbocycles. The second-order valence-corrected chi connectivity index (χ2v) is 7.32. The Kier molecular flexibility index (Phi) is 3.11. The van der Waals surface area contributed by atoms with Gasteiger partial charge >= 0.3 is 0 Å². The van der Waals surface area contributed by atoms with Crippen LogP contribution in [0, 0.1) is 6.92 Å². The molecule has 110 valence electrons. The number of fused-ring (bicyclic) bond motifs is 1. The minimum Gasteiger partial charge on any atom is -0.269 e. The molecule has 0 N–H and O–H groups in total. The zero-order chi connectivity index (χ0) is 14.4. The molecule has 1 aliphatic carbocycles. The summed E-state index contributed by atoms with van der Waals surface area (Å²) in [5, 5.41) is 8.59. The molecule has 4 rings (SSSR count). The third-order valence-electron chi connectivity index (χ3n) is 4.10. The normalized spacial score (nSPS) is 21.5. The number of hydrogen-bond donors (Lipinski definition) is 0. The molecule has 0 radical (unpaired) electrons. The molecule has 0 bridgehead atoms. The van der Waals surface area contributed by atoms with Crippen LogP contribution in [0.1, 0.15) is 30.7 Å². The highest BCUT2D eigenvalue weighted by Gasteiger charge is 2.33. The topological polar surface area (TPSA) is 63.4 Å². The van der Waals surface area contributed by atoms with Crippen LogP contribution in [0.15, 0.2) is 18.6 Å². The largest absolute Gasteiger partial charge is 0.269 e. The highest BCUT2D eigenvalue weighted by atomic mass is 32.2. The molecule has 0 saturated heterocycles. The first kappa shape index (κ1) is 13.1. The third-order valence-corrected chi connectivity index (χ3v) is 5.98. The smallest absolute Gasteiger partial charge is 0.171 e. The molecule has 0 aromatic carbocycles. The average molecular weight is 303 g/mol. The highest BCUT2D eigenvalue weighted by Crippen LogP contribution is 2.31. The van der Waals surface area contributed by atoms with Crippen LogP contribution in [0.3, 0.4) is 0 Å². The lowest BCUT2D eigenvalue weighted by Gasteiger charge is -2.25. The lowest BCUT2D eigenvalue weighted by Crippen LogP contribution is -2.32. The SMILES string of the molecule is Cc1ncc(C2=CCN(S(=O)C3CC3)CC2)c2nncn12. The summed E-state index contributed by atoms with van der Waals surface area (Å²) < 4.78 is 16.2. The second-order valence-electron chi connectivity index (χ2n) is 5.59. The van der Waals surface area contributed by atoms with Crippen molar-refractivity contribution in [1.82, 2.24) is 23.9 Å². The van der Waals surface area contributed by atoms with Gasteiger partial charge in [-0.2, -0.15) is 0 Å². The van der Waals surface area contributed by atoms with Crippen LogP contribution in [0.4, 0.5) is 0 Å². The number of hydrogen-bond acceptors (Lipinski definition) is 4. The molecule has 2 aliphatic rings. The minimum atomic E-state index is -0.801. The molecule has 1 fully saturated rings. The molecule has 21 heavy (non-hydrogen) atoms. The van der Waals surface area contributed by atoms with E-state index in [-0.39, 0.29) is 0 Å². The van der Waals surface area contributed by atoms with E-state index in [1.807, 2.05) is 17.5 Å². The molecule has 3 heterocycles. The van der Waals surface area contributed by atoms with Crippen LogP contribution in [0.5, 0.6) is 0 Å². The lowest BCUT2D eigenvalue weighted by molar-refractivity contribution is 0.482. The summed E-state index contributed by atoms with van der Waals surface area (Å²) >= 11 is 0. The van der Waals surface area contributed by atoms with Gasteiger partial charge in [-0.1, -0.05) is 6.08 Å². The Morgan fingerprint density at radius 2 is 2.24 bits per heavy atom. The fourth-order valence-electron chi connectivity index (χ4n) is 2.70. The monoisotopic (exact) mass is 303 g/mol. The number of nitrogens with zero attached hydrogens (tertiary/aromatic N) is 5. The van der Waals surface area contributed by atoms with E-state index in [2.05, 4.69) is 25.6 Å². The molecule has 7 heteroatoms. The van der Waals surface area contributed by atoms with Crippen LogP contribution >= 0.6 is 0 Å². The highest BCUT2D eigenvalue weighted by molar-refractivity contribution is 7.83. The van der Waals surface area contributed by atoms with Crippen molar-refractivity contribution in [1.29, 1.82) is 0 Å². The second kappa shape index (κ2) is 4.99. The van der Waals surface area contributed by atoms with Crippen molar-refractivity contribution in [3.8, 4) is 0 Å². The molecule has 1 atom stereocenters. The van der Waals surface area contributed by atoms with Crippen LogP contribution in [-0.4, -0.2) is 46.4 Å². The summed E-state index contributed by atoms with van der Waals surface area (Å²) in [6, 6.07) is 0. The van der Waals surface area contributed by atoms with Crippen molar-refractivity contribution in [3.05, 3.63) is 30.0 Å². The third kappa shape index (κ3) is 2.30. The van der Waals surface area contributed by atoms with Gasteiger partial charge in [0, 0.05) is 30.1 Å². The van der Waals surface area contributed by atoms with E-state index in [1.165, 1.54) is 5.57 Å². The van der Waals surface area contributed by atoms with Gasteiger partial charge in [-0.3, -0.25) is 4.40 Å². The van der Waals surface area contributed by atoms with Crippen molar-refractivity contribution < 1.29 is 4.21 Å². The number of aromatic nitrogens is 4. The summed E-state index contributed by atoms with van der Waals surface area (Å²) in [7, 11) is -0.801. The van der Waals surface area contributed by atoms with Crippen molar-refractivity contribution in [3.63, 3.8) is 0 Å². The van der Waals surface area contributed by atoms with E-state index in [1.54, 1.807) is 6.33 Å². The van der Waals surface area contributed by atoms with Crippen molar-refractivity contribution in [2.24, 2.45) is 0 Å². The molecule has 2 aromatic rings. The molecule has 2 aromatic heterocycles. The molecule has 0 amide bonds. The van der Waals surface area contributed by atoms with Gasteiger partial charge in [-0.15, -0.1) is 10.2 Å². The van der Waals surface area contributed by atoms with Gasteiger partial charge in [0.05, 0.1) is 11.0 Å². The molecular formula is C14H17N5OS. The minimum absolute atomic E-state index is 0.407. The number of aryl methyl sites for hydroxylation is 1. The molecule has 6 nitrogen and oxygen atoms in total. The van der Waals surface area contributed by atoms with Gasteiger partial charge in [0.1, 0.15) is 12.2 Å². The van der Waals surface area contributed by atoms with E-state index in [0.717, 1.165) is 49.4 Å². The Labute approximate surface area is 125 Å². The van der Waals surface area contributed by atoms with Gasteiger partial charge in [0.2, 0.25) is 0 Å². The average Bonchev–Trinajstić information content (AvgIpc) is 3.24. The van der Waals surface area contributed by atoms with E-state index in [9.17, 15) is 4.21 Å². The summed E-state index contributed by atoms with van der Waals surface area (Å²) in [6.07, 6.45) is 8.83. The van der Waals surface area contributed by atoms with Crippen LogP contribution in [0.25, 0.3) is 11.2 Å². The Bertz CT molecular complexity index is 749. The first-order chi connectivity index (χ1) is 10.2. The molecule has 0 spiro atoms. The fraction of sp³-hybridized carbons (Fsp3) is 0.500. The van der Waals surface area contributed by atoms with Gasteiger partial charge < -0.3 is 0 Å². The molecule has 1 aliphatic heterocycles. The summed E-state index contributed by atoms with van der Waals surface area (Å²) in [4.78, 5) is 4.42. The Morgan fingerprint density at radius 3 is 2.95 bits per heavy atom. The van der Waals surface area contributed by atoms with Crippen molar-refractivity contribution >= 4 is 22.2 Å². The van der Waals surface area contributed by atoms with E-state index in [4.69, 9.17) is 0 Å².